The number of amidine groups is 1. The van der Waals surface area contributed by atoms with Crippen LogP contribution in [0.1, 0.15) is 25.8 Å². The summed E-state index contributed by atoms with van der Waals surface area (Å²) in [7, 11) is 1.66. The molecule has 0 aliphatic rings. The van der Waals surface area contributed by atoms with Crippen LogP contribution in [0.3, 0.4) is 0 Å². The molecule has 0 amide bonds. The summed E-state index contributed by atoms with van der Waals surface area (Å²) >= 11 is 4.53. The Hall–Kier alpha value is -1.90. The fraction of sp³-hybridized carbons (Fsp3) is 0.385. The first-order valence-electron chi connectivity index (χ1n) is 6.51. The van der Waals surface area contributed by atoms with E-state index in [0.29, 0.717) is 35.2 Å². The van der Waals surface area contributed by atoms with Gasteiger partial charge in [-0.2, -0.15) is 5.17 Å². The second kappa shape index (κ2) is 10.8. The highest BCUT2D eigenvalue weighted by Crippen LogP contribution is 2.21. The highest BCUT2D eigenvalue weighted by Gasteiger charge is 2.06. The van der Waals surface area contributed by atoms with Crippen LogP contribution < -0.4 is 22.2 Å². The summed E-state index contributed by atoms with van der Waals surface area (Å²) in [6.07, 6.45) is 1.35. The van der Waals surface area contributed by atoms with Gasteiger partial charge in [0.15, 0.2) is 5.55 Å². The number of aryl methyl sites for hydroxylation is 1. The Morgan fingerprint density at radius 2 is 2.19 bits per heavy atom. The van der Waals surface area contributed by atoms with Crippen LogP contribution in [-0.4, -0.2) is 23.6 Å². The summed E-state index contributed by atoms with van der Waals surface area (Å²) in [5.41, 5.74) is 11.3. The highest BCUT2D eigenvalue weighted by molar-refractivity contribution is 7.78. The third kappa shape index (κ3) is 6.89. The lowest BCUT2D eigenvalue weighted by atomic mass is 10.1. The zero-order valence-electron chi connectivity index (χ0n) is 12.5. The van der Waals surface area contributed by atoms with Crippen molar-refractivity contribution in [2.75, 3.05) is 18.0 Å². The van der Waals surface area contributed by atoms with E-state index >= 15 is 0 Å². The molecule has 0 unspecified atom stereocenters. The Morgan fingerprint density at radius 3 is 2.67 bits per heavy atom. The van der Waals surface area contributed by atoms with Crippen LogP contribution in [-0.2, 0) is 11.3 Å². The molecule has 1 rings (SSSR count). The normalized spacial score (nSPS) is 10.2. The topological polar surface area (TPSA) is 109 Å². The number of nitrogens with two attached hydrogens (primary N) is 2. The molecule has 1 aromatic carbocycles. The van der Waals surface area contributed by atoms with Gasteiger partial charge in [0.2, 0.25) is 0 Å². The molecule has 0 bridgehead atoms. The Bertz CT molecular complexity index is 466. The van der Waals surface area contributed by atoms with E-state index < -0.39 is 0 Å². The van der Waals surface area contributed by atoms with Gasteiger partial charge in [-0.15, -0.1) is 0 Å². The highest BCUT2D eigenvalue weighted by atomic mass is 32.1. The fourth-order valence-electron chi connectivity index (χ4n) is 1.53. The number of nitrogens with one attached hydrogen (secondary N) is 1. The van der Waals surface area contributed by atoms with E-state index in [9.17, 15) is 0 Å². The van der Waals surface area contributed by atoms with Crippen molar-refractivity contribution in [1.29, 1.82) is 0 Å². The minimum Gasteiger partial charge on any atom is -0.397 e. The summed E-state index contributed by atoms with van der Waals surface area (Å²) in [6.45, 7) is 4.00. The van der Waals surface area contributed by atoms with Crippen molar-refractivity contribution in [3.05, 3.63) is 23.8 Å². The van der Waals surface area contributed by atoms with Gasteiger partial charge in [0.05, 0.1) is 5.69 Å². The van der Waals surface area contributed by atoms with Crippen LogP contribution in [0.5, 0.6) is 0 Å². The molecule has 0 atom stereocenters. The number of nitrogens with zero attached hydrogens (tertiary/aromatic N) is 2. The monoisotopic (exact) mass is 313 g/mol. The van der Waals surface area contributed by atoms with Crippen molar-refractivity contribution in [3.8, 4) is 0 Å². The Balaban J connectivity index is 0.00000191. The van der Waals surface area contributed by atoms with Gasteiger partial charge in [-0.05, 0) is 36.3 Å². The third-order valence-electron chi connectivity index (χ3n) is 2.48. The molecule has 0 aliphatic heterocycles. The predicted molar refractivity (Wildman–Crippen MR) is 90.2 cm³/mol. The number of hydrogen-bond donors (Lipinski definition) is 4. The molecule has 0 saturated carbocycles. The van der Waals surface area contributed by atoms with Gasteiger partial charge >= 0.3 is 0 Å². The zero-order valence-corrected chi connectivity index (χ0v) is 13.4. The zero-order chi connectivity index (χ0) is 16.3. The smallest absolute Gasteiger partial charge is 0.182 e. The summed E-state index contributed by atoms with van der Waals surface area (Å²) in [6, 6.07) is 5.22. The minimum absolute atomic E-state index is 0.357. The molecule has 0 aliphatic carbocycles. The first kappa shape index (κ1) is 19.1. The lowest BCUT2D eigenvalue weighted by Gasteiger charge is -2.13. The summed E-state index contributed by atoms with van der Waals surface area (Å²) < 4.78 is 0. The van der Waals surface area contributed by atoms with Crippen LogP contribution in [0.25, 0.3) is 0 Å². The van der Waals surface area contributed by atoms with E-state index in [1.165, 1.54) is 0 Å². The minimum atomic E-state index is 0.357. The Morgan fingerprint density at radius 1 is 1.52 bits per heavy atom. The number of hydroxylamine groups is 1. The molecule has 6 N–H and O–H groups in total. The Kier molecular flexibility index (Phi) is 9.86. The maximum absolute atomic E-state index is 9.12. The number of nitrogen functional groups attached to an aromatic ring is 1. The number of benzene rings is 1. The standard InChI is InChI=1S/C11H17N5O2S.C2H6/c1-14-11(15-18-7-19)5-3-8-2-4-10(16(13)17)9(12)6-8;1-2/h2,4,6-7,17H,3,5,12-13H2,1H3,(H,14,15);1-2H3. The molecule has 0 spiro atoms. The van der Waals surface area contributed by atoms with Crippen molar-refractivity contribution in [2.45, 2.75) is 26.7 Å². The lowest BCUT2D eigenvalue weighted by molar-refractivity contribution is 0.258. The van der Waals surface area contributed by atoms with Crippen molar-refractivity contribution in [2.24, 2.45) is 10.8 Å². The van der Waals surface area contributed by atoms with Crippen LogP contribution in [0.2, 0.25) is 0 Å². The number of rotatable bonds is 6. The molecule has 0 fully saturated rings. The van der Waals surface area contributed by atoms with Crippen LogP contribution in [0.4, 0.5) is 11.4 Å². The number of thiocarbonyl (C=S) groups is 1. The first-order chi connectivity index (χ1) is 10.1. The van der Waals surface area contributed by atoms with Gasteiger partial charge in [0.1, 0.15) is 11.5 Å². The molecule has 7 nitrogen and oxygen atoms in total. The maximum Gasteiger partial charge on any atom is 0.182 e. The molecule has 1 aromatic rings. The number of anilines is 2. The van der Waals surface area contributed by atoms with Gasteiger partial charge in [-0.1, -0.05) is 19.9 Å². The quantitative estimate of drug-likeness (QED) is 0.158. The fourth-order valence-corrected chi connectivity index (χ4v) is 1.58. The van der Waals surface area contributed by atoms with Crippen molar-refractivity contribution in [3.63, 3.8) is 0 Å². The molecule has 118 valence electrons. The number of aliphatic imine (C=N–C) groups is 1. The Labute approximate surface area is 130 Å². The van der Waals surface area contributed by atoms with E-state index in [1.807, 2.05) is 19.9 Å². The summed E-state index contributed by atoms with van der Waals surface area (Å²) in [5, 5.41) is 9.61. The van der Waals surface area contributed by atoms with E-state index in [0.717, 1.165) is 11.1 Å². The lowest BCUT2D eigenvalue weighted by Crippen LogP contribution is -2.27. The molecule has 0 heterocycles. The molecule has 0 radical (unpaired) electrons. The molecule has 0 aromatic heterocycles. The molecule has 8 heteroatoms. The van der Waals surface area contributed by atoms with Crippen LogP contribution in [0.15, 0.2) is 23.2 Å². The average Bonchev–Trinajstić information content (AvgIpc) is 2.49. The largest absolute Gasteiger partial charge is 0.397 e. The van der Waals surface area contributed by atoms with Crippen LogP contribution in [0, 0.1) is 0 Å². The molecular weight excluding hydrogens is 290 g/mol. The number of hydrazine groups is 1. The second-order valence-corrected chi connectivity index (χ2v) is 3.92. The molecule has 21 heavy (non-hydrogen) atoms. The van der Waals surface area contributed by atoms with Crippen molar-refractivity contribution < 1.29 is 10.0 Å². The molecular formula is C13H23N5O2S. The SMILES string of the molecule is CC.CN=C(CCc1ccc(N(N)O)c(N)c1)NOC=S. The van der Waals surface area contributed by atoms with E-state index in [4.69, 9.17) is 21.6 Å². The van der Waals surface area contributed by atoms with E-state index in [1.54, 1.807) is 19.2 Å². The number of hydrogen-bond acceptors (Lipinski definition) is 7. The third-order valence-corrected chi connectivity index (χ3v) is 2.58. The van der Waals surface area contributed by atoms with Crippen molar-refractivity contribution in [1.82, 2.24) is 5.48 Å². The van der Waals surface area contributed by atoms with Gasteiger partial charge in [0.25, 0.3) is 0 Å². The van der Waals surface area contributed by atoms with Gasteiger partial charge in [0, 0.05) is 13.5 Å². The summed E-state index contributed by atoms with van der Waals surface area (Å²) in [4.78, 5) is 8.80. The van der Waals surface area contributed by atoms with E-state index in [2.05, 4.69) is 22.7 Å². The van der Waals surface area contributed by atoms with Crippen LogP contribution >= 0.6 is 12.2 Å². The van der Waals surface area contributed by atoms with Gasteiger partial charge in [-0.3, -0.25) is 10.2 Å². The predicted octanol–water partition coefficient (Wildman–Crippen LogP) is 1.80. The van der Waals surface area contributed by atoms with E-state index in [-0.39, 0.29) is 0 Å². The maximum atomic E-state index is 9.12. The van der Waals surface area contributed by atoms with Crippen molar-refractivity contribution >= 4 is 35.0 Å². The average molecular weight is 313 g/mol. The summed E-state index contributed by atoms with van der Waals surface area (Å²) in [5.74, 6) is 5.89. The molecule has 0 saturated heterocycles. The first-order valence-corrected chi connectivity index (χ1v) is 6.98. The second-order valence-electron chi connectivity index (χ2n) is 3.72. The van der Waals surface area contributed by atoms with Gasteiger partial charge in [-0.25, -0.2) is 11.3 Å². The van der Waals surface area contributed by atoms with Gasteiger partial charge < -0.3 is 10.6 Å².